The number of aromatic nitrogens is 2. The Morgan fingerprint density at radius 2 is 2.17 bits per heavy atom. The topological polar surface area (TPSA) is 58.2 Å². The van der Waals surface area contributed by atoms with Crippen molar-refractivity contribution >= 4 is 5.91 Å². The van der Waals surface area contributed by atoms with Crippen LogP contribution in [0.4, 0.5) is 0 Å². The molecule has 3 heterocycles. The van der Waals surface area contributed by atoms with Gasteiger partial charge in [-0.15, -0.1) is 0 Å². The highest BCUT2D eigenvalue weighted by Crippen LogP contribution is 2.37. The number of rotatable bonds is 3. The summed E-state index contributed by atoms with van der Waals surface area (Å²) >= 11 is 0. The Morgan fingerprint density at radius 1 is 1.26 bits per heavy atom. The fourth-order valence-electron chi connectivity index (χ4n) is 4.53. The Hall–Kier alpha value is -1.36. The molecule has 0 saturated carbocycles. The highest BCUT2D eigenvalue weighted by atomic mass is 16.5. The summed E-state index contributed by atoms with van der Waals surface area (Å²) in [7, 11) is 0. The second kappa shape index (κ2) is 6.27. The van der Waals surface area contributed by atoms with Crippen LogP contribution in [0.25, 0.3) is 0 Å². The molecule has 2 fully saturated rings. The molecule has 1 N–H and O–H groups in total. The number of aromatic amines is 1. The van der Waals surface area contributed by atoms with E-state index in [1.165, 1.54) is 30.5 Å². The van der Waals surface area contributed by atoms with Gasteiger partial charge >= 0.3 is 0 Å². The molecule has 1 aromatic heterocycles. The van der Waals surface area contributed by atoms with E-state index >= 15 is 0 Å². The molecule has 1 amide bonds. The number of carbonyl (C=O) groups is 1. The maximum atomic E-state index is 12.6. The third-order valence-corrected chi connectivity index (χ3v) is 5.92. The lowest BCUT2D eigenvalue weighted by Crippen LogP contribution is -2.46. The second-order valence-corrected chi connectivity index (χ2v) is 7.56. The number of amides is 1. The van der Waals surface area contributed by atoms with Crippen molar-refractivity contribution in [1.29, 1.82) is 0 Å². The number of aryl methyl sites for hydroxylation is 2. The lowest BCUT2D eigenvalue weighted by atomic mass is 9.79. The number of hydrogen-bond acceptors (Lipinski definition) is 3. The Morgan fingerprint density at radius 3 is 3.04 bits per heavy atom. The number of likely N-dealkylation sites (tertiary alicyclic amines) is 1. The first-order valence-corrected chi connectivity index (χ1v) is 9.16. The fourth-order valence-corrected chi connectivity index (χ4v) is 4.53. The SMILES string of the molecule is O=C(CCc1n[nH]c2c1CCCC2)N1CCC[C@@]2(CCOC2)C1. The lowest BCUT2D eigenvalue weighted by molar-refractivity contribution is -0.134. The Bertz CT molecular complexity index is 575. The molecule has 5 nitrogen and oxygen atoms in total. The van der Waals surface area contributed by atoms with Crippen LogP contribution in [0.3, 0.4) is 0 Å². The molecule has 0 radical (unpaired) electrons. The van der Waals surface area contributed by atoms with Gasteiger partial charge in [-0.2, -0.15) is 5.10 Å². The van der Waals surface area contributed by atoms with Gasteiger partial charge in [-0.1, -0.05) is 0 Å². The molecular weight excluding hydrogens is 290 g/mol. The monoisotopic (exact) mass is 317 g/mol. The minimum Gasteiger partial charge on any atom is -0.381 e. The molecule has 2 aliphatic heterocycles. The molecule has 2 saturated heterocycles. The van der Waals surface area contributed by atoms with E-state index in [1.807, 2.05) is 0 Å². The van der Waals surface area contributed by atoms with E-state index in [0.717, 1.165) is 64.1 Å². The molecule has 126 valence electrons. The molecule has 1 aliphatic carbocycles. The van der Waals surface area contributed by atoms with Crippen molar-refractivity contribution in [3.05, 3.63) is 17.0 Å². The van der Waals surface area contributed by atoms with Crippen LogP contribution in [0.15, 0.2) is 0 Å². The fraction of sp³-hybridized carbons (Fsp3) is 0.778. The van der Waals surface area contributed by atoms with E-state index in [9.17, 15) is 4.79 Å². The van der Waals surface area contributed by atoms with Crippen molar-refractivity contribution < 1.29 is 9.53 Å². The van der Waals surface area contributed by atoms with Crippen LogP contribution < -0.4 is 0 Å². The summed E-state index contributed by atoms with van der Waals surface area (Å²) in [6, 6.07) is 0. The molecule has 1 spiro atoms. The van der Waals surface area contributed by atoms with Gasteiger partial charge in [0.2, 0.25) is 5.91 Å². The molecule has 1 aromatic rings. The quantitative estimate of drug-likeness (QED) is 0.930. The summed E-state index contributed by atoms with van der Waals surface area (Å²) in [6.45, 7) is 3.51. The first-order valence-electron chi connectivity index (χ1n) is 9.16. The predicted octanol–water partition coefficient (Wildman–Crippen LogP) is 2.25. The van der Waals surface area contributed by atoms with Crippen LogP contribution >= 0.6 is 0 Å². The van der Waals surface area contributed by atoms with Gasteiger partial charge in [0.1, 0.15) is 0 Å². The second-order valence-electron chi connectivity index (χ2n) is 7.56. The third-order valence-electron chi connectivity index (χ3n) is 5.92. The highest BCUT2D eigenvalue weighted by molar-refractivity contribution is 5.76. The Balaban J connectivity index is 1.35. The average Bonchev–Trinajstić information content (AvgIpc) is 3.20. The molecular formula is C18H27N3O2. The maximum absolute atomic E-state index is 12.6. The van der Waals surface area contributed by atoms with Crippen LogP contribution in [-0.4, -0.2) is 47.3 Å². The summed E-state index contributed by atoms with van der Waals surface area (Å²) in [5.41, 5.74) is 4.07. The minimum atomic E-state index is 0.249. The molecule has 4 rings (SSSR count). The van der Waals surface area contributed by atoms with Crippen LogP contribution in [0.5, 0.6) is 0 Å². The van der Waals surface area contributed by atoms with Gasteiger partial charge in [-0.3, -0.25) is 9.89 Å². The first kappa shape index (κ1) is 15.2. The van der Waals surface area contributed by atoms with Crippen molar-refractivity contribution in [3.8, 4) is 0 Å². The standard InChI is InChI=1S/C18H27N3O2/c22-17(21-10-3-8-18(12-21)9-11-23-13-18)7-6-16-14-4-1-2-5-15(14)19-20-16/h1-13H2,(H,19,20)/t18-/m1/s1. The number of hydrogen-bond donors (Lipinski definition) is 1. The molecule has 1 atom stereocenters. The van der Waals surface area contributed by atoms with E-state index < -0.39 is 0 Å². The number of carbonyl (C=O) groups excluding carboxylic acids is 1. The van der Waals surface area contributed by atoms with E-state index in [0.29, 0.717) is 12.3 Å². The van der Waals surface area contributed by atoms with Gasteiger partial charge in [0.25, 0.3) is 0 Å². The van der Waals surface area contributed by atoms with Crippen molar-refractivity contribution in [2.24, 2.45) is 5.41 Å². The maximum Gasteiger partial charge on any atom is 0.222 e. The zero-order valence-electron chi connectivity index (χ0n) is 13.9. The number of ether oxygens (including phenoxy) is 1. The summed E-state index contributed by atoms with van der Waals surface area (Å²) in [5, 5.41) is 7.65. The normalized spacial score (nSPS) is 27.4. The third kappa shape index (κ3) is 3.03. The molecule has 0 aromatic carbocycles. The number of piperidine rings is 1. The molecule has 0 bridgehead atoms. The van der Waals surface area contributed by atoms with Gasteiger partial charge in [-0.25, -0.2) is 0 Å². The van der Waals surface area contributed by atoms with Gasteiger partial charge in [0, 0.05) is 43.6 Å². The lowest BCUT2D eigenvalue weighted by Gasteiger charge is -2.39. The van der Waals surface area contributed by atoms with E-state index in [-0.39, 0.29) is 5.41 Å². The predicted molar refractivity (Wildman–Crippen MR) is 87.2 cm³/mol. The molecule has 0 unspecified atom stereocenters. The summed E-state index contributed by atoms with van der Waals surface area (Å²) in [5.74, 6) is 0.295. The van der Waals surface area contributed by atoms with Crippen LogP contribution in [-0.2, 0) is 28.8 Å². The van der Waals surface area contributed by atoms with E-state index in [2.05, 4.69) is 15.1 Å². The molecule has 3 aliphatic rings. The smallest absolute Gasteiger partial charge is 0.222 e. The molecule has 5 heteroatoms. The van der Waals surface area contributed by atoms with Gasteiger partial charge in [0.15, 0.2) is 0 Å². The number of H-pyrrole nitrogens is 1. The molecule has 23 heavy (non-hydrogen) atoms. The average molecular weight is 317 g/mol. The van der Waals surface area contributed by atoms with Gasteiger partial charge in [-0.05, 0) is 50.5 Å². The number of nitrogens with one attached hydrogen (secondary N) is 1. The van der Waals surface area contributed by atoms with Crippen molar-refractivity contribution in [3.63, 3.8) is 0 Å². The van der Waals surface area contributed by atoms with Gasteiger partial charge < -0.3 is 9.64 Å². The van der Waals surface area contributed by atoms with Crippen LogP contribution in [0.1, 0.15) is 55.5 Å². The minimum absolute atomic E-state index is 0.249. The van der Waals surface area contributed by atoms with E-state index in [4.69, 9.17) is 4.74 Å². The number of fused-ring (bicyclic) bond motifs is 1. The van der Waals surface area contributed by atoms with Crippen LogP contribution in [0, 0.1) is 5.41 Å². The Labute approximate surface area is 137 Å². The van der Waals surface area contributed by atoms with E-state index in [1.54, 1.807) is 0 Å². The van der Waals surface area contributed by atoms with Gasteiger partial charge in [0.05, 0.1) is 12.3 Å². The number of nitrogens with zero attached hydrogens (tertiary/aromatic N) is 2. The van der Waals surface area contributed by atoms with Crippen molar-refractivity contribution in [2.75, 3.05) is 26.3 Å². The zero-order chi connectivity index (χ0) is 15.7. The highest BCUT2D eigenvalue weighted by Gasteiger charge is 2.40. The largest absolute Gasteiger partial charge is 0.381 e. The van der Waals surface area contributed by atoms with Crippen molar-refractivity contribution in [2.45, 2.75) is 57.8 Å². The Kier molecular flexibility index (Phi) is 4.14. The summed E-state index contributed by atoms with van der Waals surface area (Å²) < 4.78 is 5.59. The summed E-state index contributed by atoms with van der Waals surface area (Å²) in [4.78, 5) is 14.7. The summed E-state index contributed by atoms with van der Waals surface area (Å²) in [6.07, 6.45) is 9.57. The van der Waals surface area contributed by atoms with Crippen molar-refractivity contribution in [1.82, 2.24) is 15.1 Å². The van der Waals surface area contributed by atoms with Crippen LogP contribution in [0.2, 0.25) is 0 Å². The first-order chi connectivity index (χ1) is 11.3. The zero-order valence-corrected chi connectivity index (χ0v) is 13.9.